The summed E-state index contributed by atoms with van der Waals surface area (Å²) in [5.74, 6) is 0.581. The van der Waals surface area contributed by atoms with Crippen LogP contribution in [0.2, 0.25) is 0 Å². The fraction of sp³-hybridized carbons (Fsp3) is 0.333. The van der Waals surface area contributed by atoms with Crippen LogP contribution in [0.15, 0.2) is 47.1 Å². The van der Waals surface area contributed by atoms with Crippen LogP contribution in [0.3, 0.4) is 0 Å². The first-order valence-electron chi connectivity index (χ1n) is 4.49. The van der Waals surface area contributed by atoms with Crippen LogP contribution in [0.5, 0.6) is 0 Å². The lowest BCUT2D eigenvalue weighted by Gasteiger charge is -2.06. The van der Waals surface area contributed by atoms with E-state index in [0.717, 1.165) is 0 Å². The molecule has 0 bridgehead atoms. The maximum atomic E-state index is 2.33. The Bertz CT molecular complexity index is 299. The van der Waals surface area contributed by atoms with Crippen LogP contribution in [0.1, 0.15) is 20.3 Å². The molecule has 0 amide bonds. The molecule has 0 heterocycles. The third-order valence-corrected chi connectivity index (χ3v) is 2.72. The van der Waals surface area contributed by atoms with Crippen LogP contribution in [-0.4, -0.2) is 0 Å². The van der Waals surface area contributed by atoms with Crippen LogP contribution >= 0.6 is 0 Å². The Morgan fingerprint density at radius 3 is 2.33 bits per heavy atom. The predicted molar refractivity (Wildman–Crippen MR) is 52.8 cm³/mol. The van der Waals surface area contributed by atoms with E-state index in [4.69, 9.17) is 0 Å². The van der Waals surface area contributed by atoms with Crippen LogP contribution < -0.4 is 0 Å². The van der Waals surface area contributed by atoms with E-state index < -0.39 is 0 Å². The van der Waals surface area contributed by atoms with Crippen molar-refractivity contribution in [2.45, 2.75) is 20.3 Å². The lowest BCUT2D eigenvalue weighted by Crippen LogP contribution is -1.92. The first-order chi connectivity index (χ1) is 5.77. The van der Waals surface area contributed by atoms with E-state index in [1.165, 1.54) is 17.6 Å². The molecule has 0 saturated heterocycles. The molecule has 0 aromatic heterocycles. The summed E-state index contributed by atoms with van der Waals surface area (Å²) < 4.78 is 0. The van der Waals surface area contributed by atoms with Gasteiger partial charge in [-0.05, 0) is 20.3 Å². The summed E-state index contributed by atoms with van der Waals surface area (Å²) in [5, 5.41) is 0. The predicted octanol–water partition coefficient (Wildman–Crippen LogP) is 3.40. The number of hydrogen-bond donors (Lipinski definition) is 0. The SMILES string of the molecule is CC1=C(C)CC(C2C=CC=C2)=C1. The molecule has 62 valence electrons. The van der Waals surface area contributed by atoms with E-state index in [2.05, 4.69) is 44.2 Å². The molecule has 0 fully saturated rings. The number of allylic oxidation sites excluding steroid dienone is 8. The second-order valence-electron chi connectivity index (χ2n) is 3.65. The lowest BCUT2D eigenvalue weighted by atomic mass is 9.99. The highest BCUT2D eigenvalue weighted by atomic mass is 14.2. The zero-order chi connectivity index (χ0) is 8.55. The number of rotatable bonds is 1. The monoisotopic (exact) mass is 158 g/mol. The summed E-state index contributed by atoms with van der Waals surface area (Å²) in [6.45, 7) is 4.42. The second kappa shape index (κ2) is 2.78. The van der Waals surface area contributed by atoms with Gasteiger partial charge in [-0.25, -0.2) is 0 Å². The van der Waals surface area contributed by atoms with Crippen LogP contribution in [0.4, 0.5) is 0 Å². The van der Waals surface area contributed by atoms with E-state index in [1.54, 1.807) is 5.57 Å². The Labute approximate surface area is 74.0 Å². The zero-order valence-electron chi connectivity index (χ0n) is 7.67. The average Bonchev–Trinajstić information content (AvgIpc) is 2.61. The highest BCUT2D eigenvalue weighted by Gasteiger charge is 2.15. The van der Waals surface area contributed by atoms with Crippen LogP contribution in [0, 0.1) is 5.92 Å². The van der Waals surface area contributed by atoms with Gasteiger partial charge in [-0.2, -0.15) is 0 Å². The third kappa shape index (κ3) is 1.18. The molecule has 0 N–H and O–H groups in total. The van der Waals surface area contributed by atoms with Crippen molar-refractivity contribution in [3.8, 4) is 0 Å². The molecule has 0 aromatic rings. The lowest BCUT2D eigenvalue weighted by molar-refractivity contribution is 0.927. The van der Waals surface area contributed by atoms with E-state index >= 15 is 0 Å². The largest absolute Gasteiger partial charge is 0.0736 e. The van der Waals surface area contributed by atoms with Gasteiger partial charge in [0.2, 0.25) is 0 Å². The van der Waals surface area contributed by atoms with Crippen LogP contribution in [0.25, 0.3) is 0 Å². The summed E-state index contributed by atoms with van der Waals surface area (Å²) in [4.78, 5) is 0. The van der Waals surface area contributed by atoms with E-state index in [-0.39, 0.29) is 0 Å². The molecule has 0 aliphatic heterocycles. The molecule has 0 saturated carbocycles. The molecule has 0 nitrogen and oxygen atoms in total. The first-order valence-corrected chi connectivity index (χ1v) is 4.49. The van der Waals surface area contributed by atoms with Crippen molar-refractivity contribution >= 4 is 0 Å². The Hall–Kier alpha value is -1.04. The Morgan fingerprint density at radius 1 is 1.17 bits per heavy atom. The van der Waals surface area contributed by atoms with Crippen molar-refractivity contribution in [1.82, 2.24) is 0 Å². The number of hydrogen-bond acceptors (Lipinski definition) is 0. The van der Waals surface area contributed by atoms with Gasteiger partial charge < -0.3 is 0 Å². The highest BCUT2D eigenvalue weighted by molar-refractivity contribution is 5.42. The molecule has 2 aliphatic rings. The van der Waals surface area contributed by atoms with E-state index in [0.29, 0.717) is 5.92 Å². The van der Waals surface area contributed by atoms with Gasteiger partial charge >= 0.3 is 0 Å². The first kappa shape index (κ1) is 7.60. The Balaban J connectivity index is 2.16. The van der Waals surface area contributed by atoms with Crippen molar-refractivity contribution in [3.63, 3.8) is 0 Å². The average molecular weight is 158 g/mol. The normalized spacial score (nSPS) is 22.7. The topological polar surface area (TPSA) is 0 Å². The molecule has 0 atom stereocenters. The van der Waals surface area contributed by atoms with Gasteiger partial charge in [-0.1, -0.05) is 47.1 Å². The molecular weight excluding hydrogens is 144 g/mol. The highest BCUT2D eigenvalue weighted by Crippen LogP contribution is 2.32. The van der Waals surface area contributed by atoms with Crippen molar-refractivity contribution in [2.24, 2.45) is 5.92 Å². The minimum absolute atomic E-state index is 0.581. The zero-order valence-corrected chi connectivity index (χ0v) is 7.67. The van der Waals surface area contributed by atoms with Gasteiger partial charge in [-0.3, -0.25) is 0 Å². The molecule has 2 aliphatic carbocycles. The van der Waals surface area contributed by atoms with Gasteiger partial charge in [0.15, 0.2) is 0 Å². The van der Waals surface area contributed by atoms with Gasteiger partial charge in [0, 0.05) is 5.92 Å². The van der Waals surface area contributed by atoms with Crippen molar-refractivity contribution in [2.75, 3.05) is 0 Å². The molecule has 0 aromatic carbocycles. The van der Waals surface area contributed by atoms with Crippen molar-refractivity contribution < 1.29 is 0 Å². The van der Waals surface area contributed by atoms with Gasteiger partial charge in [-0.15, -0.1) is 0 Å². The molecule has 12 heavy (non-hydrogen) atoms. The summed E-state index contributed by atoms with van der Waals surface area (Å²) in [6.07, 6.45) is 12.3. The summed E-state index contributed by atoms with van der Waals surface area (Å²) in [6, 6.07) is 0. The minimum atomic E-state index is 0.581. The summed E-state index contributed by atoms with van der Waals surface area (Å²) in [5.41, 5.74) is 4.53. The smallest absolute Gasteiger partial charge is 0.0169 e. The quantitative estimate of drug-likeness (QED) is 0.548. The second-order valence-corrected chi connectivity index (χ2v) is 3.65. The summed E-state index contributed by atoms with van der Waals surface area (Å²) in [7, 11) is 0. The van der Waals surface area contributed by atoms with Gasteiger partial charge in [0.05, 0.1) is 0 Å². The fourth-order valence-electron chi connectivity index (χ4n) is 1.79. The Kier molecular flexibility index (Phi) is 1.76. The molecule has 0 radical (unpaired) electrons. The fourth-order valence-corrected chi connectivity index (χ4v) is 1.79. The van der Waals surface area contributed by atoms with Crippen molar-refractivity contribution in [3.05, 3.63) is 47.1 Å². The minimum Gasteiger partial charge on any atom is -0.0736 e. The van der Waals surface area contributed by atoms with E-state index in [9.17, 15) is 0 Å². The van der Waals surface area contributed by atoms with Gasteiger partial charge in [0.1, 0.15) is 0 Å². The maximum absolute atomic E-state index is 2.33. The van der Waals surface area contributed by atoms with Gasteiger partial charge in [0.25, 0.3) is 0 Å². The molecule has 0 spiro atoms. The molecule has 0 unspecified atom stereocenters. The molecular formula is C12H14. The molecule has 2 rings (SSSR count). The Morgan fingerprint density at radius 2 is 1.83 bits per heavy atom. The molecule has 0 heteroatoms. The standard InChI is InChI=1S/C12H14/c1-9-7-12(8-10(9)2)11-5-3-4-6-11/h3-7,11H,8H2,1-2H3. The summed E-state index contributed by atoms with van der Waals surface area (Å²) >= 11 is 0. The van der Waals surface area contributed by atoms with Crippen molar-refractivity contribution in [1.29, 1.82) is 0 Å². The third-order valence-electron chi connectivity index (χ3n) is 2.72. The van der Waals surface area contributed by atoms with E-state index in [1.807, 2.05) is 0 Å². The van der Waals surface area contributed by atoms with Crippen LogP contribution in [-0.2, 0) is 0 Å². The maximum Gasteiger partial charge on any atom is 0.0169 e.